The van der Waals surface area contributed by atoms with Gasteiger partial charge < -0.3 is 14.8 Å². The highest BCUT2D eigenvalue weighted by Crippen LogP contribution is 2.25. The number of aryl methyl sites for hydroxylation is 1. The molecule has 0 saturated carbocycles. The van der Waals surface area contributed by atoms with E-state index in [1.165, 1.54) is 10.4 Å². The average molecular weight is 422 g/mol. The summed E-state index contributed by atoms with van der Waals surface area (Å²) in [5.74, 6) is 0.830. The molecular formula is C22H26N6O3. The van der Waals surface area contributed by atoms with Crippen LogP contribution in [0, 0.1) is 6.92 Å². The largest absolute Gasteiger partial charge is 0.495 e. The van der Waals surface area contributed by atoms with E-state index in [0.717, 1.165) is 44.0 Å². The Labute approximate surface area is 181 Å². The summed E-state index contributed by atoms with van der Waals surface area (Å²) >= 11 is 0. The van der Waals surface area contributed by atoms with Gasteiger partial charge in [-0.05, 0) is 35.4 Å². The van der Waals surface area contributed by atoms with Gasteiger partial charge in [0.05, 0.1) is 26.0 Å². The van der Waals surface area contributed by atoms with E-state index < -0.39 is 0 Å². The van der Waals surface area contributed by atoms with Crippen LogP contribution in [0.1, 0.15) is 11.1 Å². The number of morpholine rings is 1. The van der Waals surface area contributed by atoms with Gasteiger partial charge in [0.1, 0.15) is 12.3 Å². The van der Waals surface area contributed by atoms with Crippen molar-refractivity contribution in [3.05, 3.63) is 53.6 Å². The van der Waals surface area contributed by atoms with Crippen LogP contribution in [-0.2, 0) is 22.6 Å². The molecule has 0 unspecified atom stereocenters. The minimum absolute atomic E-state index is 0.0424. The number of methoxy groups -OCH3 is 1. The quantitative estimate of drug-likeness (QED) is 0.623. The molecule has 1 amide bonds. The zero-order chi connectivity index (χ0) is 21.6. The first kappa shape index (κ1) is 21.0. The maximum absolute atomic E-state index is 12.4. The predicted molar refractivity (Wildman–Crippen MR) is 116 cm³/mol. The Balaban J connectivity index is 1.36. The third-order valence-corrected chi connectivity index (χ3v) is 5.09. The molecule has 0 radical (unpaired) electrons. The summed E-state index contributed by atoms with van der Waals surface area (Å²) < 4.78 is 10.7. The SMILES string of the molecule is COc1ccc(C)cc1NC(=O)Cn1nnc(-c2ccc(CN3CCOCC3)cc2)n1. The van der Waals surface area contributed by atoms with Gasteiger partial charge in [-0.15, -0.1) is 10.2 Å². The van der Waals surface area contributed by atoms with Crippen LogP contribution in [0.4, 0.5) is 5.69 Å². The lowest BCUT2D eigenvalue weighted by Gasteiger charge is -2.26. The van der Waals surface area contributed by atoms with E-state index in [0.29, 0.717) is 17.3 Å². The Morgan fingerprint density at radius 1 is 1.16 bits per heavy atom. The van der Waals surface area contributed by atoms with Gasteiger partial charge in [-0.25, -0.2) is 0 Å². The van der Waals surface area contributed by atoms with Crippen LogP contribution in [0.2, 0.25) is 0 Å². The van der Waals surface area contributed by atoms with Gasteiger partial charge >= 0.3 is 0 Å². The lowest BCUT2D eigenvalue weighted by atomic mass is 10.1. The van der Waals surface area contributed by atoms with Crippen LogP contribution in [0.5, 0.6) is 5.75 Å². The van der Waals surface area contributed by atoms with E-state index >= 15 is 0 Å². The van der Waals surface area contributed by atoms with Crippen molar-refractivity contribution in [3.63, 3.8) is 0 Å². The number of carbonyl (C=O) groups excluding carboxylic acids is 1. The van der Waals surface area contributed by atoms with Gasteiger partial charge in [-0.1, -0.05) is 30.3 Å². The third kappa shape index (κ3) is 5.44. The maximum atomic E-state index is 12.4. The molecular weight excluding hydrogens is 396 g/mol. The fraction of sp³-hybridized carbons (Fsp3) is 0.364. The van der Waals surface area contributed by atoms with Crippen molar-refractivity contribution in [2.24, 2.45) is 0 Å². The summed E-state index contributed by atoms with van der Waals surface area (Å²) in [6.45, 7) is 6.28. The number of rotatable bonds is 7. The molecule has 2 heterocycles. The molecule has 0 spiro atoms. The van der Waals surface area contributed by atoms with E-state index in [1.54, 1.807) is 7.11 Å². The first-order chi connectivity index (χ1) is 15.1. The Morgan fingerprint density at radius 2 is 1.94 bits per heavy atom. The highest BCUT2D eigenvalue weighted by molar-refractivity contribution is 5.92. The standard InChI is InChI=1S/C22H26N6O3/c1-16-3-8-20(30-2)19(13-16)23-21(29)15-28-25-22(24-26-28)18-6-4-17(5-7-18)14-27-9-11-31-12-10-27/h3-8,13H,9-12,14-15H2,1-2H3,(H,23,29). The molecule has 3 aromatic rings. The lowest BCUT2D eigenvalue weighted by Crippen LogP contribution is -2.35. The van der Waals surface area contributed by atoms with Crippen LogP contribution in [-0.4, -0.2) is 64.4 Å². The fourth-order valence-electron chi connectivity index (χ4n) is 3.44. The summed E-state index contributed by atoms with van der Waals surface area (Å²) in [6, 6.07) is 13.7. The lowest BCUT2D eigenvalue weighted by molar-refractivity contribution is -0.117. The molecule has 9 heteroatoms. The predicted octanol–water partition coefficient (Wildman–Crippen LogP) is 2.13. The maximum Gasteiger partial charge on any atom is 0.248 e. The monoisotopic (exact) mass is 422 g/mol. The van der Waals surface area contributed by atoms with Crippen LogP contribution in [0.3, 0.4) is 0 Å². The molecule has 0 bridgehead atoms. The number of hydrogen-bond donors (Lipinski definition) is 1. The molecule has 9 nitrogen and oxygen atoms in total. The van der Waals surface area contributed by atoms with E-state index in [4.69, 9.17) is 9.47 Å². The molecule has 0 atom stereocenters. The molecule has 1 aliphatic heterocycles. The zero-order valence-corrected chi connectivity index (χ0v) is 17.7. The van der Waals surface area contributed by atoms with Crippen molar-refractivity contribution >= 4 is 11.6 Å². The minimum Gasteiger partial charge on any atom is -0.495 e. The number of anilines is 1. The molecule has 1 fully saturated rings. The number of aromatic nitrogens is 4. The van der Waals surface area contributed by atoms with E-state index in [1.807, 2.05) is 37.3 Å². The molecule has 31 heavy (non-hydrogen) atoms. The normalized spacial score (nSPS) is 14.4. The number of nitrogens with zero attached hydrogens (tertiary/aromatic N) is 5. The molecule has 1 aromatic heterocycles. The van der Waals surface area contributed by atoms with Crippen molar-refractivity contribution in [3.8, 4) is 17.1 Å². The molecule has 1 saturated heterocycles. The number of carbonyl (C=O) groups is 1. The van der Waals surface area contributed by atoms with Crippen molar-refractivity contribution in [2.45, 2.75) is 20.0 Å². The Kier molecular flexibility index (Phi) is 6.54. The molecule has 2 aromatic carbocycles. The van der Waals surface area contributed by atoms with Crippen LogP contribution >= 0.6 is 0 Å². The number of tetrazole rings is 1. The summed E-state index contributed by atoms with van der Waals surface area (Å²) in [5.41, 5.74) is 3.72. The Morgan fingerprint density at radius 3 is 2.68 bits per heavy atom. The summed E-state index contributed by atoms with van der Waals surface area (Å²) in [5, 5.41) is 15.3. The topological polar surface area (TPSA) is 94.4 Å². The first-order valence-corrected chi connectivity index (χ1v) is 10.2. The molecule has 1 N–H and O–H groups in total. The van der Waals surface area contributed by atoms with Gasteiger partial charge in [0.15, 0.2) is 0 Å². The average Bonchev–Trinajstić information content (AvgIpc) is 3.23. The second kappa shape index (κ2) is 9.67. The smallest absolute Gasteiger partial charge is 0.248 e. The van der Waals surface area contributed by atoms with E-state index in [2.05, 4.69) is 37.8 Å². The summed E-state index contributed by atoms with van der Waals surface area (Å²) in [6.07, 6.45) is 0. The number of hydrogen-bond acceptors (Lipinski definition) is 7. The highest BCUT2D eigenvalue weighted by Gasteiger charge is 2.13. The van der Waals surface area contributed by atoms with Gasteiger partial charge in [0, 0.05) is 25.2 Å². The van der Waals surface area contributed by atoms with Crippen molar-refractivity contribution in [2.75, 3.05) is 38.7 Å². The van der Waals surface area contributed by atoms with E-state index in [9.17, 15) is 4.79 Å². The Bertz CT molecular complexity index is 1030. The second-order valence-electron chi connectivity index (χ2n) is 7.48. The summed E-state index contributed by atoms with van der Waals surface area (Å²) in [7, 11) is 1.57. The summed E-state index contributed by atoms with van der Waals surface area (Å²) in [4.78, 5) is 16.1. The number of ether oxygens (including phenoxy) is 2. The zero-order valence-electron chi connectivity index (χ0n) is 17.7. The van der Waals surface area contributed by atoms with E-state index in [-0.39, 0.29) is 12.5 Å². The molecule has 162 valence electrons. The third-order valence-electron chi connectivity index (χ3n) is 5.09. The van der Waals surface area contributed by atoms with Crippen molar-refractivity contribution in [1.82, 2.24) is 25.1 Å². The second-order valence-corrected chi connectivity index (χ2v) is 7.48. The van der Waals surface area contributed by atoms with Crippen molar-refractivity contribution in [1.29, 1.82) is 0 Å². The highest BCUT2D eigenvalue weighted by atomic mass is 16.5. The fourth-order valence-corrected chi connectivity index (χ4v) is 3.44. The van der Waals surface area contributed by atoms with Gasteiger partial charge in [-0.2, -0.15) is 4.80 Å². The minimum atomic E-state index is -0.256. The van der Waals surface area contributed by atoms with Crippen molar-refractivity contribution < 1.29 is 14.3 Å². The molecule has 1 aliphatic rings. The van der Waals surface area contributed by atoms with Gasteiger partial charge in [0.2, 0.25) is 11.7 Å². The van der Waals surface area contributed by atoms with Gasteiger partial charge in [0.25, 0.3) is 0 Å². The number of benzene rings is 2. The van der Waals surface area contributed by atoms with Crippen LogP contribution in [0.25, 0.3) is 11.4 Å². The molecule has 4 rings (SSSR count). The molecule has 0 aliphatic carbocycles. The number of nitrogens with one attached hydrogen (secondary N) is 1. The van der Waals surface area contributed by atoms with Gasteiger partial charge in [-0.3, -0.25) is 9.69 Å². The number of amides is 1. The Hall–Kier alpha value is -3.30. The van der Waals surface area contributed by atoms with Crippen LogP contribution < -0.4 is 10.1 Å². The first-order valence-electron chi connectivity index (χ1n) is 10.2. The van der Waals surface area contributed by atoms with Crippen LogP contribution in [0.15, 0.2) is 42.5 Å².